The van der Waals surface area contributed by atoms with E-state index in [2.05, 4.69) is 36.4 Å². The molecule has 0 N–H and O–H groups in total. The van der Waals surface area contributed by atoms with Gasteiger partial charge in [-0.15, -0.1) is 0 Å². The molecular formula is C30H22N2O3. The van der Waals surface area contributed by atoms with Crippen LogP contribution in [0.25, 0.3) is 21.9 Å². The van der Waals surface area contributed by atoms with Gasteiger partial charge in [0.15, 0.2) is 0 Å². The molecule has 0 spiro atoms. The molecule has 4 aromatic carbocycles. The van der Waals surface area contributed by atoms with Crippen molar-refractivity contribution in [2.24, 2.45) is 9.98 Å². The maximum absolute atomic E-state index is 6.50. The van der Waals surface area contributed by atoms with Gasteiger partial charge in [0.2, 0.25) is 11.8 Å². The van der Waals surface area contributed by atoms with Crippen LogP contribution in [-0.4, -0.2) is 25.0 Å². The molecule has 5 heteroatoms. The van der Waals surface area contributed by atoms with Gasteiger partial charge in [0, 0.05) is 10.8 Å². The Morgan fingerprint density at radius 1 is 0.514 bits per heavy atom. The average molecular weight is 459 g/mol. The Balaban J connectivity index is 1.31. The van der Waals surface area contributed by atoms with Crippen molar-refractivity contribution >= 4 is 33.7 Å². The highest BCUT2D eigenvalue weighted by Crippen LogP contribution is 2.36. The van der Waals surface area contributed by atoms with Gasteiger partial charge in [-0.25, -0.2) is 9.98 Å². The number of para-hydroxylation sites is 2. The van der Waals surface area contributed by atoms with Crippen LogP contribution in [0.4, 0.5) is 0 Å². The standard InChI is InChI=1S/C30H22N2O3/c1-3-9-19(10-4-1)25-17-33-29(31-25)23-15-7-13-21-22-14-8-16-24(28(22)35-27(21)23)30-32-26(18-34-30)20-11-5-2-6-12-20/h1-16,25-26H,17-18H2/t25-,26-/m0/s1. The molecule has 2 aliphatic rings. The van der Waals surface area contributed by atoms with Crippen LogP contribution >= 0.6 is 0 Å². The van der Waals surface area contributed by atoms with E-state index in [1.807, 2.05) is 60.7 Å². The van der Waals surface area contributed by atoms with Gasteiger partial charge in [-0.05, 0) is 23.3 Å². The van der Waals surface area contributed by atoms with Crippen LogP contribution in [0.15, 0.2) is 111 Å². The van der Waals surface area contributed by atoms with Gasteiger partial charge < -0.3 is 13.9 Å². The van der Waals surface area contributed by atoms with E-state index in [9.17, 15) is 0 Å². The van der Waals surface area contributed by atoms with Crippen molar-refractivity contribution < 1.29 is 13.9 Å². The van der Waals surface area contributed by atoms with Crippen molar-refractivity contribution in [3.8, 4) is 0 Å². The molecule has 0 aliphatic carbocycles. The van der Waals surface area contributed by atoms with E-state index >= 15 is 0 Å². The van der Waals surface area contributed by atoms with Crippen LogP contribution in [0, 0.1) is 0 Å². The smallest absolute Gasteiger partial charge is 0.220 e. The SMILES string of the molecule is c1ccc([C@@H]2COC(c3cccc4c3oc3c(C5=N[C@H](c6ccccc6)CO5)cccc34)=N2)cc1. The number of ether oxygens (including phenoxy) is 2. The molecular weight excluding hydrogens is 436 g/mol. The van der Waals surface area contributed by atoms with Gasteiger partial charge in [-0.1, -0.05) is 84.9 Å². The summed E-state index contributed by atoms with van der Waals surface area (Å²) < 4.78 is 18.6. The third kappa shape index (κ3) is 3.39. The Morgan fingerprint density at radius 2 is 0.971 bits per heavy atom. The van der Waals surface area contributed by atoms with Crippen LogP contribution in [0.2, 0.25) is 0 Å². The molecule has 0 amide bonds. The Kier molecular flexibility index (Phi) is 4.65. The van der Waals surface area contributed by atoms with Gasteiger partial charge in [-0.3, -0.25) is 0 Å². The van der Waals surface area contributed by atoms with Gasteiger partial charge >= 0.3 is 0 Å². The van der Waals surface area contributed by atoms with E-state index in [4.69, 9.17) is 23.9 Å². The van der Waals surface area contributed by atoms with Crippen molar-refractivity contribution in [1.82, 2.24) is 0 Å². The van der Waals surface area contributed by atoms with Crippen LogP contribution in [0.1, 0.15) is 34.3 Å². The zero-order valence-electron chi connectivity index (χ0n) is 18.9. The van der Waals surface area contributed by atoms with Crippen molar-refractivity contribution in [3.05, 3.63) is 119 Å². The first-order valence-corrected chi connectivity index (χ1v) is 11.8. The predicted molar refractivity (Wildman–Crippen MR) is 137 cm³/mol. The van der Waals surface area contributed by atoms with Crippen molar-refractivity contribution in [1.29, 1.82) is 0 Å². The lowest BCUT2D eigenvalue weighted by molar-refractivity contribution is 0.319. The third-order valence-electron chi connectivity index (χ3n) is 6.66. The van der Waals surface area contributed by atoms with E-state index in [-0.39, 0.29) is 12.1 Å². The van der Waals surface area contributed by atoms with E-state index in [1.54, 1.807) is 0 Å². The molecule has 0 bridgehead atoms. The predicted octanol–water partition coefficient (Wildman–Crippen LogP) is 6.62. The largest absolute Gasteiger partial charge is 0.475 e. The second kappa shape index (κ2) is 8.13. The first-order valence-electron chi connectivity index (χ1n) is 11.8. The summed E-state index contributed by atoms with van der Waals surface area (Å²) in [6.45, 7) is 1.04. The summed E-state index contributed by atoms with van der Waals surface area (Å²) in [6, 6.07) is 32.6. The minimum atomic E-state index is -0.0161. The van der Waals surface area contributed by atoms with E-state index in [0.717, 1.165) is 44.2 Å². The fourth-order valence-corrected chi connectivity index (χ4v) is 4.89. The van der Waals surface area contributed by atoms with Crippen molar-refractivity contribution in [2.45, 2.75) is 12.1 Å². The summed E-state index contributed by atoms with van der Waals surface area (Å²) in [6.07, 6.45) is 0. The summed E-state index contributed by atoms with van der Waals surface area (Å²) >= 11 is 0. The van der Waals surface area contributed by atoms with Crippen LogP contribution < -0.4 is 0 Å². The molecule has 35 heavy (non-hydrogen) atoms. The second-order valence-corrected chi connectivity index (χ2v) is 8.81. The highest BCUT2D eigenvalue weighted by molar-refractivity contribution is 6.17. The van der Waals surface area contributed by atoms with Crippen LogP contribution in [-0.2, 0) is 9.47 Å². The second-order valence-electron chi connectivity index (χ2n) is 8.81. The zero-order valence-corrected chi connectivity index (χ0v) is 18.9. The third-order valence-corrected chi connectivity index (χ3v) is 6.66. The number of nitrogens with zero attached hydrogens (tertiary/aromatic N) is 2. The number of rotatable bonds is 4. The summed E-state index contributed by atoms with van der Waals surface area (Å²) in [5.74, 6) is 1.23. The maximum Gasteiger partial charge on any atom is 0.220 e. The summed E-state index contributed by atoms with van der Waals surface area (Å²) in [4.78, 5) is 9.76. The molecule has 0 fully saturated rings. The number of hydrogen-bond donors (Lipinski definition) is 0. The van der Waals surface area contributed by atoms with Crippen molar-refractivity contribution in [2.75, 3.05) is 13.2 Å². The molecule has 5 aromatic rings. The molecule has 2 aliphatic heterocycles. The normalized spacial score (nSPS) is 19.4. The number of hydrogen-bond acceptors (Lipinski definition) is 5. The van der Waals surface area contributed by atoms with E-state index in [0.29, 0.717) is 25.0 Å². The average Bonchev–Trinajstić information content (AvgIpc) is 3.68. The molecule has 3 heterocycles. The lowest BCUT2D eigenvalue weighted by Gasteiger charge is -2.03. The molecule has 0 unspecified atom stereocenters. The fraction of sp³-hybridized carbons (Fsp3) is 0.133. The molecule has 1 aromatic heterocycles. The molecule has 0 saturated heterocycles. The number of furan rings is 1. The topological polar surface area (TPSA) is 56.3 Å². The molecule has 0 radical (unpaired) electrons. The fourth-order valence-electron chi connectivity index (χ4n) is 4.89. The van der Waals surface area contributed by atoms with Gasteiger partial charge in [0.1, 0.15) is 36.5 Å². The Labute approximate surface area is 202 Å². The molecule has 2 atom stereocenters. The van der Waals surface area contributed by atoms with Crippen molar-refractivity contribution in [3.63, 3.8) is 0 Å². The Morgan fingerprint density at radius 3 is 1.43 bits per heavy atom. The van der Waals surface area contributed by atoms with E-state index in [1.165, 1.54) is 0 Å². The van der Waals surface area contributed by atoms with Crippen LogP contribution in [0.3, 0.4) is 0 Å². The van der Waals surface area contributed by atoms with Gasteiger partial charge in [-0.2, -0.15) is 0 Å². The minimum Gasteiger partial charge on any atom is -0.475 e. The molecule has 170 valence electrons. The highest BCUT2D eigenvalue weighted by Gasteiger charge is 2.27. The van der Waals surface area contributed by atoms with Crippen LogP contribution in [0.5, 0.6) is 0 Å². The van der Waals surface area contributed by atoms with Gasteiger partial charge in [0.25, 0.3) is 0 Å². The number of benzene rings is 4. The Bertz CT molecular complexity index is 1480. The Hall–Kier alpha value is -4.38. The van der Waals surface area contributed by atoms with Gasteiger partial charge in [0.05, 0.1) is 11.1 Å². The first-order chi connectivity index (χ1) is 17.3. The van der Waals surface area contributed by atoms with E-state index < -0.39 is 0 Å². The highest BCUT2D eigenvalue weighted by atomic mass is 16.5. The molecule has 5 nitrogen and oxygen atoms in total. The summed E-state index contributed by atoms with van der Waals surface area (Å²) in [7, 11) is 0. The quantitative estimate of drug-likeness (QED) is 0.304. The number of aliphatic imine (C=N–C) groups is 2. The molecule has 7 rings (SSSR count). The maximum atomic E-state index is 6.50. The zero-order chi connectivity index (χ0) is 23.2. The summed E-state index contributed by atoms with van der Waals surface area (Å²) in [5, 5.41) is 2.04. The lowest BCUT2D eigenvalue weighted by Crippen LogP contribution is -2.02. The minimum absolute atomic E-state index is 0.0161. The number of fused-ring (bicyclic) bond motifs is 3. The molecule has 0 saturated carbocycles. The first kappa shape index (κ1) is 20.0. The lowest BCUT2D eigenvalue weighted by atomic mass is 10.1. The monoisotopic (exact) mass is 458 g/mol. The summed E-state index contributed by atoms with van der Waals surface area (Å²) in [5.41, 5.74) is 5.54.